The average Bonchev–Trinajstić information content (AvgIpc) is 2.93. The summed E-state index contributed by atoms with van der Waals surface area (Å²) >= 11 is 12.2. The van der Waals surface area contributed by atoms with E-state index >= 15 is 0 Å². The van der Waals surface area contributed by atoms with Crippen LogP contribution in [0.15, 0.2) is 109 Å². The lowest BCUT2D eigenvalue weighted by atomic mass is 9.88. The van der Waals surface area contributed by atoms with E-state index in [4.69, 9.17) is 23.2 Å². The first-order chi connectivity index (χ1) is 17.5. The van der Waals surface area contributed by atoms with Crippen molar-refractivity contribution in [1.29, 1.82) is 0 Å². The molecule has 0 atom stereocenters. The number of benzene rings is 4. The Kier molecular flexibility index (Phi) is 6.72. The number of rotatable bonds is 6. The van der Waals surface area contributed by atoms with Crippen molar-refractivity contribution in [3.05, 3.63) is 141 Å². The first kappa shape index (κ1) is 23.6. The van der Waals surface area contributed by atoms with Gasteiger partial charge in [-0.25, -0.2) is 0 Å². The number of hydrogen-bond acceptors (Lipinski definition) is 4. The number of ketones is 2. The van der Waals surface area contributed by atoms with Crippen LogP contribution < -0.4 is 0 Å². The van der Waals surface area contributed by atoms with Gasteiger partial charge in [-0.3, -0.25) is 9.59 Å². The topological polar surface area (TPSA) is 59.9 Å². The van der Waals surface area contributed by atoms with Gasteiger partial charge >= 0.3 is 0 Å². The second-order valence-electron chi connectivity index (χ2n) is 8.05. The second kappa shape index (κ2) is 10.2. The molecule has 0 saturated heterocycles. The standard InChI is InChI=1S/C30H18Cl2N2O2/c31-23-15-11-19(12-16-23)27-25(29(35)21-7-3-1-4-8-21)26(30(36)22-9-5-2-6-10-22)28(34-33-27)20-13-17-24(32)18-14-20/h1-18H. The molecule has 0 spiro atoms. The highest BCUT2D eigenvalue weighted by atomic mass is 35.5. The largest absolute Gasteiger partial charge is 0.288 e. The minimum Gasteiger partial charge on any atom is -0.288 e. The number of aromatic nitrogens is 2. The van der Waals surface area contributed by atoms with Crippen molar-refractivity contribution in [3.63, 3.8) is 0 Å². The summed E-state index contributed by atoms with van der Waals surface area (Å²) in [5.41, 5.74) is 3.08. The predicted molar refractivity (Wildman–Crippen MR) is 143 cm³/mol. The highest BCUT2D eigenvalue weighted by Gasteiger charge is 2.29. The minimum absolute atomic E-state index is 0.178. The number of halogens is 2. The third-order valence-corrected chi connectivity index (χ3v) is 6.24. The van der Waals surface area contributed by atoms with Gasteiger partial charge in [0.05, 0.1) is 11.1 Å². The van der Waals surface area contributed by atoms with Crippen LogP contribution in [0.25, 0.3) is 22.5 Å². The van der Waals surface area contributed by atoms with E-state index in [1.54, 1.807) is 97.1 Å². The van der Waals surface area contributed by atoms with E-state index in [1.165, 1.54) is 0 Å². The van der Waals surface area contributed by atoms with E-state index in [2.05, 4.69) is 10.2 Å². The molecule has 0 aliphatic heterocycles. The number of carbonyl (C=O) groups is 2. The lowest BCUT2D eigenvalue weighted by Gasteiger charge is -2.16. The van der Waals surface area contributed by atoms with Crippen LogP contribution in [-0.4, -0.2) is 21.8 Å². The van der Waals surface area contributed by atoms with Crippen LogP contribution in [0.1, 0.15) is 31.8 Å². The van der Waals surface area contributed by atoms with Crippen molar-refractivity contribution >= 4 is 34.8 Å². The molecule has 5 rings (SSSR count). The molecule has 4 nitrogen and oxygen atoms in total. The molecule has 174 valence electrons. The number of hydrogen-bond donors (Lipinski definition) is 0. The first-order valence-corrected chi connectivity index (χ1v) is 11.9. The Hall–Kier alpha value is -4.12. The molecule has 0 radical (unpaired) electrons. The van der Waals surface area contributed by atoms with Gasteiger partial charge in [-0.2, -0.15) is 0 Å². The Bertz CT molecular complexity index is 1430. The van der Waals surface area contributed by atoms with Crippen LogP contribution in [0, 0.1) is 0 Å². The second-order valence-corrected chi connectivity index (χ2v) is 8.92. The first-order valence-electron chi connectivity index (χ1n) is 11.1. The van der Waals surface area contributed by atoms with Crippen molar-refractivity contribution in [1.82, 2.24) is 10.2 Å². The zero-order valence-corrected chi connectivity index (χ0v) is 20.4. The van der Waals surface area contributed by atoms with Crippen LogP contribution in [0.5, 0.6) is 0 Å². The van der Waals surface area contributed by atoms with Crippen molar-refractivity contribution in [2.75, 3.05) is 0 Å². The van der Waals surface area contributed by atoms with Gasteiger partial charge in [0.15, 0.2) is 11.6 Å². The summed E-state index contributed by atoms with van der Waals surface area (Å²) in [7, 11) is 0. The van der Waals surface area contributed by atoms with Crippen molar-refractivity contribution < 1.29 is 9.59 Å². The Morgan fingerprint density at radius 2 is 0.806 bits per heavy atom. The van der Waals surface area contributed by atoms with Crippen LogP contribution in [0.2, 0.25) is 10.0 Å². The summed E-state index contributed by atoms with van der Waals surface area (Å²) < 4.78 is 0. The van der Waals surface area contributed by atoms with Gasteiger partial charge in [0.25, 0.3) is 0 Å². The smallest absolute Gasteiger partial charge is 0.196 e. The molecular weight excluding hydrogens is 491 g/mol. The average molecular weight is 509 g/mol. The van der Waals surface area contributed by atoms with E-state index in [9.17, 15) is 9.59 Å². The van der Waals surface area contributed by atoms with Crippen molar-refractivity contribution in [2.45, 2.75) is 0 Å². The zero-order valence-electron chi connectivity index (χ0n) is 18.9. The lowest BCUT2D eigenvalue weighted by molar-refractivity contribution is 0.100. The van der Waals surface area contributed by atoms with Crippen LogP contribution in [0.4, 0.5) is 0 Å². The fourth-order valence-corrected chi connectivity index (χ4v) is 4.22. The Morgan fingerprint density at radius 3 is 1.14 bits per heavy atom. The molecule has 0 N–H and O–H groups in total. The minimum atomic E-state index is -0.329. The molecule has 0 aliphatic rings. The van der Waals surface area contributed by atoms with Gasteiger partial charge < -0.3 is 0 Å². The van der Waals surface area contributed by atoms with Gasteiger partial charge in [0, 0.05) is 32.3 Å². The SMILES string of the molecule is O=C(c1ccccc1)c1c(-c2ccc(Cl)cc2)nnc(-c2ccc(Cl)cc2)c1C(=O)c1ccccc1. The molecule has 0 unspecified atom stereocenters. The quantitative estimate of drug-likeness (QED) is 0.222. The monoisotopic (exact) mass is 508 g/mol. The lowest BCUT2D eigenvalue weighted by Crippen LogP contribution is -2.17. The van der Waals surface area contributed by atoms with E-state index in [1.807, 2.05) is 12.1 Å². The maximum absolute atomic E-state index is 14.0. The highest BCUT2D eigenvalue weighted by molar-refractivity contribution is 6.31. The maximum atomic E-state index is 14.0. The molecule has 6 heteroatoms. The molecule has 36 heavy (non-hydrogen) atoms. The van der Waals surface area contributed by atoms with Crippen LogP contribution in [-0.2, 0) is 0 Å². The summed E-state index contributed by atoms with van der Waals surface area (Å²) in [4.78, 5) is 28.1. The highest BCUT2D eigenvalue weighted by Crippen LogP contribution is 2.34. The molecule has 4 aromatic carbocycles. The summed E-state index contributed by atoms with van der Waals surface area (Å²) in [6.45, 7) is 0. The van der Waals surface area contributed by atoms with Crippen molar-refractivity contribution in [3.8, 4) is 22.5 Å². The van der Waals surface area contributed by atoms with E-state index in [-0.39, 0.29) is 22.7 Å². The van der Waals surface area contributed by atoms with E-state index < -0.39 is 0 Å². The molecule has 1 aromatic heterocycles. The Balaban J connectivity index is 1.86. The number of carbonyl (C=O) groups excluding carboxylic acids is 2. The predicted octanol–water partition coefficient (Wildman–Crippen LogP) is 7.58. The van der Waals surface area contributed by atoms with Gasteiger partial charge in [-0.05, 0) is 24.3 Å². The number of nitrogens with zero attached hydrogens (tertiary/aromatic N) is 2. The van der Waals surface area contributed by atoms with E-state index in [0.29, 0.717) is 43.7 Å². The summed E-state index contributed by atoms with van der Waals surface area (Å²) in [5.74, 6) is -0.658. The van der Waals surface area contributed by atoms with Gasteiger partial charge in [0.1, 0.15) is 11.4 Å². The van der Waals surface area contributed by atoms with Crippen LogP contribution >= 0.6 is 23.2 Å². The maximum Gasteiger partial charge on any atom is 0.196 e. The fourth-order valence-electron chi connectivity index (χ4n) is 3.97. The van der Waals surface area contributed by atoms with Gasteiger partial charge in [-0.1, -0.05) is 108 Å². The molecule has 0 bridgehead atoms. The fraction of sp³-hybridized carbons (Fsp3) is 0. The molecular formula is C30H18Cl2N2O2. The Morgan fingerprint density at radius 1 is 0.472 bits per heavy atom. The zero-order chi connectivity index (χ0) is 25.1. The van der Waals surface area contributed by atoms with Gasteiger partial charge in [0.2, 0.25) is 0 Å². The van der Waals surface area contributed by atoms with Crippen LogP contribution in [0.3, 0.4) is 0 Å². The summed E-state index contributed by atoms with van der Waals surface area (Å²) in [6, 6.07) is 31.5. The third-order valence-electron chi connectivity index (χ3n) is 5.74. The van der Waals surface area contributed by atoms with Gasteiger partial charge in [-0.15, -0.1) is 10.2 Å². The molecule has 0 amide bonds. The Labute approximate surface area is 218 Å². The molecule has 1 heterocycles. The molecule has 5 aromatic rings. The molecule has 0 saturated carbocycles. The van der Waals surface area contributed by atoms with E-state index in [0.717, 1.165) is 0 Å². The third kappa shape index (κ3) is 4.69. The molecule has 0 fully saturated rings. The normalized spacial score (nSPS) is 10.7. The molecule has 0 aliphatic carbocycles. The summed E-state index contributed by atoms with van der Waals surface area (Å²) in [6.07, 6.45) is 0. The summed E-state index contributed by atoms with van der Waals surface area (Å²) in [5, 5.41) is 10.0. The van der Waals surface area contributed by atoms with Crippen molar-refractivity contribution in [2.24, 2.45) is 0 Å².